The lowest BCUT2D eigenvalue weighted by Gasteiger charge is -2.10. The van der Waals surface area contributed by atoms with Gasteiger partial charge in [-0.1, -0.05) is 12.1 Å². The molecule has 180 valence electrons. The lowest BCUT2D eigenvalue weighted by Crippen LogP contribution is -2.31. The maximum atomic E-state index is 14.3. The number of aromatic nitrogens is 4. The van der Waals surface area contributed by atoms with Crippen LogP contribution in [0.5, 0.6) is 0 Å². The SMILES string of the molecule is O=C(COCC(=O)NCc1ccc(-n2ccnc2)c(F)c1)NCc1ccc(-n2ccnc2)c(F)c1. The topological polar surface area (TPSA) is 103 Å². The van der Waals surface area contributed by atoms with Gasteiger partial charge in [0.25, 0.3) is 0 Å². The van der Waals surface area contributed by atoms with Gasteiger partial charge in [-0.05, 0) is 35.4 Å². The molecule has 2 aromatic carbocycles. The number of imidazole rings is 2. The van der Waals surface area contributed by atoms with Gasteiger partial charge in [-0.15, -0.1) is 0 Å². The Hall–Kier alpha value is -4.38. The number of rotatable bonds is 10. The summed E-state index contributed by atoms with van der Waals surface area (Å²) in [6, 6.07) is 9.23. The summed E-state index contributed by atoms with van der Waals surface area (Å²) in [7, 11) is 0. The first-order valence-electron chi connectivity index (χ1n) is 10.6. The zero-order valence-electron chi connectivity index (χ0n) is 18.5. The Labute approximate surface area is 199 Å². The van der Waals surface area contributed by atoms with Gasteiger partial charge in [0.15, 0.2) is 0 Å². The lowest BCUT2D eigenvalue weighted by molar-refractivity contribution is -0.131. The number of halogens is 2. The third-order valence-corrected chi connectivity index (χ3v) is 5.04. The molecule has 0 aliphatic carbocycles. The Morgan fingerprint density at radius 2 is 1.23 bits per heavy atom. The van der Waals surface area contributed by atoms with Crippen molar-refractivity contribution in [3.8, 4) is 11.4 Å². The number of hydrogen-bond donors (Lipinski definition) is 2. The Morgan fingerprint density at radius 3 is 1.60 bits per heavy atom. The van der Waals surface area contributed by atoms with Crippen molar-refractivity contribution >= 4 is 11.8 Å². The predicted molar refractivity (Wildman–Crippen MR) is 122 cm³/mol. The van der Waals surface area contributed by atoms with Crippen molar-refractivity contribution in [1.82, 2.24) is 29.7 Å². The smallest absolute Gasteiger partial charge is 0.246 e. The lowest BCUT2D eigenvalue weighted by atomic mass is 10.2. The number of nitrogens with one attached hydrogen (secondary N) is 2. The van der Waals surface area contributed by atoms with Gasteiger partial charge in [-0.2, -0.15) is 0 Å². The molecule has 4 rings (SSSR count). The molecule has 0 unspecified atom stereocenters. The summed E-state index contributed by atoms with van der Waals surface area (Å²) in [5.74, 6) is -1.79. The quantitative estimate of drug-likeness (QED) is 0.363. The molecule has 0 atom stereocenters. The van der Waals surface area contributed by atoms with Gasteiger partial charge < -0.3 is 24.5 Å². The minimum atomic E-state index is -0.450. The molecule has 9 nitrogen and oxygen atoms in total. The van der Waals surface area contributed by atoms with Crippen molar-refractivity contribution in [2.75, 3.05) is 13.2 Å². The number of amides is 2. The molecule has 2 heterocycles. The monoisotopic (exact) mass is 480 g/mol. The number of carbonyl (C=O) groups is 2. The van der Waals surface area contributed by atoms with Crippen LogP contribution in [0.2, 0.25) is 0 Å². The molecule has 4 aromatic rings. The summed E-state index contributed by atoms with van der Waals surface area (Å²) in [5.41, 5.74) is 1.85. The largest absolute Gasteiger partial charge is 0.362 e. The zero-order chi connectivity index (χ0) is 24.6. The van der Waals surface area contributed by atoms with Crippen molar-refractivity contribution in [2.24, 2.45) is 0 Å². The van der Waals surface area contributed by atoms with E-state index in [0.717, 1.165) is 0 Å². The highest BCUT2D eigenvalue weighted by Crippen LogP contribution is 2.16. The molecule has 35 heavy (non-hydrogen) atoms. The number of benzene rings is 2. The molecular weight excluding hydrogens is 458 g/mol. The summed E-state index contributed by atoms with van der Waals surface area (Å²) in [6.07, 6.45) is 9.34. The van der Waals surface area contributed by atoms with E-state index in [4.69, 9.17) is 4.74 Å². The first-order valence-corrected chi connectivity index (χ1v) is 10.6. The third kappa shape index (κ3) is 6.36. The van der Waals surface area contributed by atoms with Crippen LogP contribution in [0.4, 0.5) is 8.78 Å². The average molecular weight is 480 g/mol. The third-order valence-electron chi connectivity index (χ3n) is 5.04. The van der Waals surface area contributed by atoms with E-state index in [1.165, 1.54) is 24.8 Å². The Morgan fingerprint density at radius 1 is 0.771 bits per heavy atom. The van der Waals surface area contributed by atoms with Crippen molar-refractivity contribution in [3.63, 3.8) is 0 Å². The molecule has 0 spiro atoms. The molecule has 2 N–H and O–H groups in total. The highest BCUT2D eigenvalue weighted by molar-refractivity contribution is 5.79. The Kier molecular flexibility index (Phi) is 7.58. The van der Waals surface area contributed by atoms with Gasteiger partial charge in [-0.25, -0.2) is 18.7 Å². The van der Waals surface area contributed by atoms with Crippen molar-refractivity contribution < 1.29 is 23.1 Å². The van der Waals surface area contributed by atoms with Crippen LogP contribution in [0.3, 0.4) is 0 Å². The molecule has 0 saturated heterocycles. The second kappa shape index (κ2) is 11.2. The van der Waals surface area contributed by atoms with Crippen LogP contribution in [0.15, 0.2) is 73.8 Å². The van der Waals surface area contributed by atoms with Crippen LogP contribution in [0.1, 0.15) is 11.1 Å². The molecule has 2 amide bonds. The first kappa shape index (κ1) is 23.8. The van der Waals surface area contributed by atoms with Gasteiger partial charge in [-0.3, -0.25) is 9.59 Å². The van der Waals surface area contributed by atoms with Gasteiger partial charge in [0.05, 0.1) is 24.0 Å². The summed E-state index contributed by atoms with van der Waals surface area (Å²) >= 11 is 0. The molecule has 0 radical (unpaired) electrons. The van der Waals surface area contributed by atoms with Crippen LogP contribution in [-0.2, 0) is 27.4 Å². The van der Waals surface area contributed by atoms with Gasteiger partial charge in [0, 0.05) is 37.9 Å². The van der Waals surface area contributed by atoms with E-state index < -0.39 is 23.4 Å². The van der Waals surface area contributed by atoms with E-state index in [0.29, 0.717) is 22.5 Å². The Balaban J connectivity index is 1.16. The summed E-state index contributed by atoms with van der Waals surface area (Å²) in [4.78, 5) is 31.7. The molecule has 2 aromatic heterocycles. The van der Waals surface area contributed by atoms with E-state index in [1.54, 1.807) is 58.2 Å². The fraction of sp³-hybridized carbons (Fsp3) is 0.167. The molecule has 0 saturated carbocycles. The summed E-state index contributed by atoms with van der Waals surface area (Å²) in [5, 5.41) is 5.21. The van der Waals surface area contributed by atoms with Crippen LogP contribution in [0.25, 0.3) is 11.4 Å². The van der Waals surface area contributed by atoms with Crippen molar-refractivity contribution in [2.45, 2.75) is 13.1 Å². The predicted octanol–water partition coefficient (Wildman–Crippen LogP) is 2.29. The molecule has 0 aliphatic heterocycles. The van der Waals surface area contributed by atoms with E-state index >= 15 is 0 Å². The van der Waals surface area contributed by atoms with Gasteiger partial charge >= 0.3 is 0 Å². The fourth-order valence-electron chi connectivity index (χ4n) is 3.28. The van der Waals surface area contributed by atoms with Gasteiger partial charge in [0.1, 0.15) is 24.8 Å². The standard InChI is InChI=1S/C24H22F2N6O3/c25-19-9-17(1-3-21(19)31-7-5-27-15-31)11-29-23(33)13-35-14-24(34)30-12-18-2-4-22(20(26)10-18)32-8-6-28-16-32/h1-10,15-16H,11-14H2,(H,29,33)(H,30,34). The normalized spacial score (nSPS) is 10.8. The van der Waals surface area contributed by atoms with E-state index in [-0.39, 0.29) is 26.3 Å². The minimum absolute atomic E-state index is 0.107. The summed E-state index contributed by atoms with van der Waals surface area (Å²) in [6.45, 7) is -0.458. The number of hydrogen-bond acceptors (Lipinski definition) is 5. The van der Waals surface area contributed by atoms with Crippen LogP contribution >= 0.6 is 0 Å². The first-order chi connectivity index (χ1) is 17.0. The maximum Gasteiger partial charge on any atom is 0.246 e. The number of ether oxygens (including phenoxy) is 1. The van der Waals surface area contributed by atoms with Crippen LogP contribution < -0.4 is 10.6 Å². The highest BCUT2D eigenvalue weighted by atomic mass is 19.1. The zero-order valence-corrected chi connectivity index (χ0v) is 18.5. The maximum absolute atomic E-state index is 14.3. The highest BCUT2D eigenvalue weighted by Gasteiger charge is 2.10. The van der Waals surface area contributed by atoms with Gasteiger partial charge in [0.2, 0.25) is 11.8 Å². The molecule has 11 heteroatoms. The average Bonchev–Trinajstić information content (AvgIpc) is 3.56. The fourth-order valence-corrected chi connectivity index (χ4v) is 3.28. The van der Waals surface area contributed by atoms with Crippen molar-refractivity contribution in [1.29, 1.82) is 0 Å². The molecule has 0 aliphatic rings. The number of nitrogens with zero attached hydrogens (tertiary/aromatic N) is 4. The minimum Gasteiger partial charge on any atom is -0.362 e. The van der Waals surface area contributed by atoms with Crippen LogP contribution in [0, 0.1) is 11.6 Å². The molecular formula is C24H22F2N6O3. The van der Waals surface area contributed by atoms with E-state index in [1.807, 2.05) is 0 Å². The van der Waals surface area contributed by atoms with E-state index in [2.05, 4.69) is 20.6 Å². The molecule has 0 bridgehead atoms. The van der Waals surface area contributed by atoms with Crippen LogP contribution in [-0.4, -0.2) is 44.1 Å². The Bertz CT molecular complexity index is 1190. The second-order valence-corrected chi connectivity index (χ2v) is 7.56. The number of carbonyl (C=O) groups excluding carboxylic acids is 2. The molecule has 0 fully saturated rings. The van der Waals surface area contributed by atoms with E-state index in [9.17, 15) is 18.4 Å². The van der Waals surface area contributed by atoms with Crippen molar-refractivity contribution in [3.05, 3.63) is 96.6 Å². The summed E-state index contributed by atoms with van der Waals surface area (Å²) < 4.78 is 36.8. The second-order valence-electron chi connectivity index (χ2n) is 7.56.